The predicted octanol–water partition coefficient (Wildman–Crippen LogP) is 1.10. The van der Waals surface area contributed by atoms with E-state index in [9.17, 15) is 4.79 Å². The van der Waals surface area contributed by atoms with Crippen molar-refractivity contribution in [3.05, 3.63) is 59.1 Å². The maximum absolute atomic E-state index is 12.5. The minimum atomic E-state index is -0.269. The Hall–Kier alpha value is -3.37. The van der Waals surface area contributed by atoms with Gasteiger partial charge in [-0.3, -0.25) is 4.79 Å². The smallest absolute Gasteiger partial charge is 0.262 e. The first-order valence-corrected chi connectivity index (χ1v) is 10.9. The fraction of sp³-hybridized carbons (Fsp3) is 0.409. The van der Waals surface area contributed by atoms with Crippen LogP contribution in [0.3, 0.4) is 0 Å². The van der Waals surface area contributed by atoms with E-state index in [4.69, 9.17) is 10.5 Å². The zero-order valence-electron chi connectivity index (χ0n) is 18.1. The number of H-pyrrole nitrogens is 1. The molecule has 0 spiro atoms. The van der Waals surface area contributed by atoms with Crippen molar-refractivity contribution < 1.29 is 4.74 Å². The highest BCUT2D eigenvalue weighted by Crippen LogP contribution is 2.23. The molecule has 2 saturated heterocycles. The van der Waals surface area contributed by atoms with Crippen LogP contribution in [0.15, 0.2) is 53.5 Å². The maximum Gasteiger partial charge on any atom is 0.262 e. The van der Waals surface area contributed by atoms with Crippen LogP contribution >= 0.6 is 0 Å². The van der Waals surface area contributed by atoms with Crippen LogP contribution in [-0.2, 0) is 4.74 Å². The highest BCUT2D eigenvalue weighted by atomic mass is 16.5. The van der Waals surface area contributed by atoms with E-state index in [-0.39, 0.29) is 11.6 Å². The summed E-state index contributed by atoms with van der Waals surface area (Å²) in [4.78, 5) is 26.3. The Kier molecular flexibility index (Phi) is 7.03. The number of morpholine rings is 1. The van der Waals surface area contributed by atoms with Gasteiger partial charge in [-0.15, -0.1) is 0 Å². The fourth-order valence-electron chi connectivity index (χ4n) is 3.86. The van der Waals surface area contributed by atoms with Gasteiger partial charge >= 0.3 is 0 Å². The number of rotatable bonds is 7. The zero-order valence-corrected chi connectivity index (χ0v) is 18.1. The van der Waals surface area contributed by atoms with Crippen molar-refractivity contribution in [1.29, 1.82) is 0 Å². The molecule has 170 valence electrons. The second-order valence-corrected chi connectivity index (χ2v) is 7.84. The first kappa shape index (κ1) is 21.8. The van der Waals surface area contributed by atoms with Gasteiger partial charge in [-0.05, 0) is 31.5 Å². The average molecular weight is 439 g/mol. The Balaban J connectivity index is 1.57. The highest BCUT2D eigenvalue weighted by Gasteiger charge is 2.16. The molecule has 0 aliphatic carbocycles. The summed E-state index contributed by atoms with van der Waals surface area (Å²) in [5.74, 6) is 1.05. The molecule has 32 heavy (non-hydrogen) atoms. The lowest BCUT2D eigenvalue weighted by Crippen LogP contribution is -2.38. The van der Waals surface area contributed by atoms with E-state index < -0.39 is 0 Å². The number of aromatic amines is 1. The van der Waals surface area contributed by atoms with E-state index in [1.165, 1.54) is 12.5 Å². The standard InChI is InChI=1S/C22H30N8O2/c1-15(30-7-9-32-10-8-30)4-5-16(12-23)28-21-20-18(25-14-26-22(20)31)11-19(29-21)27-17-3-2-6-24-13-17/h4-5,11-12,14,17,24H,1-3,6-10,13,23H2,(H,25,26,31)(H2,27,28,29)/b5-4-,16-12+/t17-/m1/s1. The first-order valence-electron chi connectivity index (χ1n) is 10.9. The summed E-state index contributed by atoms with van der Waals surface area (Å²) in [6.07, 6.45) is 8.70. The molecule has 2 fully saturated rings. The minimum absolute atomic E-state index is 0.268. The lowest BCUT2D eigenvalue weighted by molar-refractivity contribution is 0.0556. The lowest BCUT2D eigenvalue weighted by atomic mass is 10.1. The number of hydrogen-bond donors (Lipinski definition) is 5. The van der Waals surface area contributed by atoms with Gasteiger partial charge in [-0.2, -0.15) is 0 Å². The molecule has 0 unspecified atom stereocenters. The van der Waals surface area contributed by atoms with Gasteiger partial charge in [0, 0.05) is 43.6 Å². The van der Waals surface area contributed by atoms with Gasteiger partial charge in [-0.1, -0.05) is 6.58 Å². The van der Waals surface area contributed by atoms with Crippen LogP contribution < -0.4 is 27.2 Å². The molecule has 0 bridgehead atoms. The van der Waals surface area contributed by atoms with Crippen LogP contribution in [0.5, 0.6) is 0 Å². The van der Waals surface area contributed by atoms with Gasteiger partial charge in [0.15, 0.2) is 0 Å². The molecule has 10 nitrogen and oxygen atoms in total. The Morgan fingerprint density at radius 1 is 1.34 bits per heavy atom. The van der Waals surface area contributed by atoms with Gasteiger partial charge in [0.05, 0.1) is 30.8 Å². The molecule has 6 N–H and O–H groups in total. The molecule has 2 aliphatic heterocycles. The largest absolute Gasteiger partial charge is 0.403 e. The van der Waals surface area contributed by atoms with Crippen LogP contribution in [-0.4, -0.2) is 65.3 Å². The Bertz CT molecular complexity index is 1070. The van der Waals surface area contributed by atoms with E-state index >= 15 is 0 Å². The van der Waals surface area contributed by atoms with Crippen LogP contribution in [0.1, 0.15) is 12.8 Å². The summed E-state index contributed by atoms with van der Waals surface area (Å²) >= 11 is 0. The number of anilines is 2. The van der Waals surface area contributed by atoms with E-state index in [2.05, 4.69) is 42.4 Å². The minimum Gasteiger partial charge on any atom is -0.403 e. The summed E-state index contributed by atoms with van der Waals surface area (Å²) in [6.45, 7) is 9.00. The van der Waals surface area contributed by atoms with Crippen molar-refractivity contribution in [1.82, 2.24) is 25.2 Å². The van der Waals surface area contributed by atoms with Gasteiger partial charge in [0.2, 0.25) is 0 Å². The SMILES string of the molecule is C=C(/C=C\C(=C/N)Nc1nc(N[C@@H]2CCCNC2)cc2nc[nH]c(=O)c12)N1CCOCC1. The summed E-state index contributed by atoms with van der Waals surface area (Å²) in [7, 11) is 0. The topological polar surface area (TPSA) is 133 Å². The Morgan fingerprint density at radius 3 is 2.94 bits per heavy atom. The maximum atomic E-state index is 12.5. The molecule has 2 aromatic rings. The monoisotopic (exact) mass is 438 g/mol. The van der Waals surface area contributed by atoms with Crippen LogP contribution in [0.2, 0.25) is 0 Å². The molecule has 2 aromatic heterocycles. The number of ether oxygens (including phenoxy) is 1. The van der Waals surface area contributed by atoms with E-state index in [1.807, 2.05) is 12.2 Å². The number of aromatic nitrogens is 3. The second-order valence-electron chi connectivity index (χ2n) is 7.84. The molecular formula is C22H30N8O2. The van der Waals surface area contributed by atoms with Gasteiger partial charge in [0.25, 0.3) is 5.56 Å². The number of nitrogens with two attached hydrogens (primary N) is 1. The number of piperidine rings is 1. The predicted molar refractivity (Wildman–Crippen MR) is 126 cm³/mol. The number of nitrogens with zero attached hydrogens (tertiary/aromatic N) is 3. The molecule has 0 radical (unpaired) electrons. The van der Waals surface area contributed by atoms with Crippen molar-refractivity contribution in [2.24, 2.45) is 5.73 Å². The van der Waals surface area contributed by atoms with Gasteiger partial charge in [-0.25, -0.2) is 9.97 Å². The molecule has 4 rings (SSSR count). The van der Waals surface area contributed by atoms with Gasteiger partial charge in [0.1, 0.15) is 17.0 Å². The number of hydrogen-bond acceptors (Lipinski definition) is 9. The quantitative estimate of drug-likeness (QED) is 0.403. The molecule has 4 heterocycles. The lowest BCUT2D eigenvalue weighted by Gasteiger charge is -2.29. The van der Waals surface area contributed by atoms with Crippen molar-refractivity contribution in [2.75, 3.05) is 50.0 Å². The summed E-state index contributed by atoms with van der Waals surface area (Å²) in [5.41, 5.74) is 7.60. The second kappa shape index (κ2) is 10.3. The van der Waals surface area contributed by atoms with Crippen molar-refractivity contribution in [2.45, 2.75) is 18.9 Å². The third-order valence-electron chi connectivity index (χ3n) is 5.59. The van der Waals surface area contributed by atoms with E-state index in [0.29, 0.717) is 41.4 Å². The number of pyridine rings is 1. The van der Waals surface area contributed by atoms with Gasteiger partial charge < -0.3 is 36.3 Å². The summed E-state index contributed by atoms with van der Waals surface area (Å²) < 4.78 is 5.39. The van der Waals surface area contributed by atoms with E-state index in [1.54, 1.807) is 6.07 Å². The third kappa shape index (κ3) is 5.27. The van der Waals surface area contributed by atoms with Crippen molar-refractivity contribution in [3.63, 3.8) is 0 Å². The third-order valence-corrected chi connectivity index (χ3v) is 5.59. The average Bonchev–Trinajstić information content (AvgIpc) is 2.82. The Labute approximate surface area is 186 Å². The highest BCUT2D eigenvalue weighted by molar-refractivity contribution is 5.91. The number of allylic oxidation sites excluding steroid dienone is 2. The zero-order chi connectivity index (χ0) is 22.3. The number of nitrogens with one attached hydrogen (secondary N) is 4. The molecule has 1 atom stereocenters. The van der Waals surface area contributed by atoms with E-state index in [0.717, 1.165) is 44.7 Å². The van der Waals surface area contributed by atoms with Crippen molar-refractivity contribution in [3.8, 4) is 0 Å². The molecule has 10 heteroatoms. The normalized spacial score (nSPS) is 19.9. The number of fused-ring (bicyclic) bond motifs is 1. The molecule has 2 aliphatic rings. The fourth-order valence-corrected chi connectivity index (χ4v) is 3.86. The van der Waals surface area contributed by atoms with Crippen molar-refractivity contribution >= 4 is 22.5 Å². The van der Waals surface area contributed by atoms with Crippen LogP contribution in [0, 0.1) is 0 Å². The van der Waals surface area contributed by atoms with Crippen LogP contribution in [0.25, 0.3) is 10.9 Å². The summed E-state index contributed by atoms with van der Waals surface area (Å²) in [6, 6.07) is 2.07. The molecule has 0 amide bonds. The molecular weight excluding hydrogens is 408 g/mol. The molecule has 0 aromatic carbocycles. The van der Waals surface area contributed by atoms with Crippen LogP contribution in [0.4, 0.5) is 11.6 Å². The molecule has 0 saturated carbocycles. The summed E-state index contributed by atoms with van der Waals surface area (Å²) in [5, 5.41) is 10.4. The first-order chi connectivity index (χ1) is 15.6. The Morgan fingerprint density at radius 2 is 2.19 bits per heavy atom.